The van der Waals surface area contributed by atoms with Crippen molar-refractivity contribution in [2.45, 2.75) is 52.7 Å². The van der Waals surface area contributed by atoms with Crippen molar-refractivity contribution in [1.29, 1.82) is 0 Å². The molecule has 1 N–H and O–H groups in total. The van der Waals surface area contributed by atoms with Gasteiger partial charge in [0, 0.05) is 44.9 Å². The first kappa shape index (κ1) is 25.9. The number of carbonyl (C=O) groups is 2. The zero-order valence-corrected chi connectivity index (χ0v) is 20.6. The van der Waals surface area contributed by atoms with E-state index in [2.05, 4.69) is 15.2 Å². The molecule has 3 rings (SSSR count). The van der Waals surface area contributed by atoms with Gasteiger partial charge in [0.05, 0.1) is 17.4 Å². The summed E-state index contributed by atoms with van der Waals surface area (Å²) in [6, 6.07) is 1.53. The van der Waals surface area contributed by atoms with Crippen molar-refractivity contribution in [3.05, 3.63) is 30.1 Å². The molecular formula is C24H35F2N5O3. The summed E-state index contributed by atoms with van der Waals surface area (Å²) in [7, 11) is 0. The summed E-state index contributed by atoms with van der Waals surface area (Å²) >= 11 is 0. The quantitative estimate of drug-likeness (QED) is 0.615. The number of ether oxygens (including phenoxy) is 1. The smallest absolute Gasteiger partial charge is 0.410 e. The second-order valence-electron chi connectivity index (χ2n) is 10.0. The number of nitrogens with one attached hydrogen (secondary N) is 1. The molecule has 1 aromatic carbocycles. The third-order valence-electron chi connectivity index (χ3n) is 5.79. The van der Waals surface area contributed by atoms with Gasteiger partial charge in [-0.15, -0.1) is 0 Å². The Morgan fingerprint density at radius 2 is 1.76 bits per heavy atom. The number of aromatic nitrogens is 2. The molecule has 0 bridgehead atoms. The monoisotopic (exact) mass is 479 g/mol. The van der Waals surface area contributed by atoms with E-state index in [0.29, 0.717) is 30.7 Å². The second kappa shape index (κ2) is 10.7. The van der Waals surface area contributed by atoms with Crippen molar-refractivity contribution in [3.63, 3.8) is 0 Å². The maximum Gasteiger partial charge on any atom is 0.410 e. The van der Waals surface area contributed by atoms with Crippen LogP contribution in [0.3, 0.4) is 0 Å². The second-order valence-corrected chi connectivity index (χ2v) is 10.0. The van der Waals surface area contributed by atoms with E-state index in [-0.39, 0.29) is 17.9 Å². The standard InChI is InChI=1S/C24H35F2N5O3/c1-16(2)21(31-15-28-19-13-17(25)18(26)14-20(19)31)22(32)27-7-6-8-29-9-11-30(12-10-29)23(33)34-24(3,4)5/h13-16,21H,6-12H2,1-5H3,(H,27,32). The highest BCUT2D eigenvalue weighted by molar-refractivity contribution is 5.84. The lowest BCUT2D eigenvalue weighted by Gasteiger charge is -2.35. The predicted octanol–water partition coefficient (Wildman–Crippen LogP) is 3.57. The Kier molecular flexibility index (Phi) is 8.12. The van der Waals surface area contributed by atoms with Crippen molar-refractivity contribution >= 4 is 23.0 Å². The molecule has 10 heteroatoms. The van der Waals surface area contributed by atoms with Crippen molar-refractivity contribution in [1.82, 2.24) is 24.7 Å². The van der Waals surface area contributed by atoms with E-state index in [9.17, 15) is 18.4 Å². The lowest BCUT2D eigenvalue weighted by atomic mass is 10.0. The molecule has 2 aromatic rings. The van der Waals surface area contributed by atoms with Crippen molar-refractivity contribution in [3.8, 4) is 0 Å². The first-order valence-corrected chi connectivity index (χ1v) is 11.8. The fraction of sp³-hybridized carbons (Fsp3) is 0.625. The maximum atomic E-state index is 13.8. The van der Waals surface area contributed by atoms with E-state index >= 15 is 0 Å². The van der Waals surface area contributed by atoms with Crippen LogP contribution in [0.15, 0.2) is 18.5 Å². The Balaban J connectivity index is 1.48. The average Bonchev–Trinajstić information content (AvgIpc) is 3.12. The number of piperazine rings is 1. The number of hydrogen-bond acceptors (Lipinski definition) is 5. The molecule has 1 aliphatic heterocycles. The van der Waals surface area contributed by atoms with Gasteiger partial charge in [0.1, 0.15) is 11.6 Å². The highest BCUT2D eigenvalue weighted by Gasteiger charge is 2.27. The molecule has 1 atom stereocenters. The summed E-state index contributed by atoms with van der Waals surface area (Å²) in [5, 5.41) is 2.97. The zero-order chi connectivity index (χ0) is 25.0. The molecule has 1 fully saturated rings. The zero-order valence-electron chi connectivity index (χ0n) is 20.6. The van der Waals surface area contributed by atoms with Gasteiger partial charge in [0.25, 0.3) is 0 Å². The minimum Gasteiger partial charge on any atom is -0.444 e. The van der Waals surface area contributed by atoms with Gasteiger partial charge in [-0.2, -0.15) is 0 Å². The molecule has 1 aromatic heterocycles. The fourth-order valence-electron chi connectivity index (χ4n) is 4.09. The molecule has 8 nitrogen and oxygen atoms in total. The van der Waals surface area contributed by atoms with Crippen LogP contribution in [0.4, 0.5) is 13.6 Å². The third kappa shape index (κ3) is 6.43. The number of nitrogens with zero attached hydrogens (tertiary/aromatic N) is 4. The Labute approximate surface area is 199 Å². The maximum absolute atomic E-state index is 13.8. The number of imidazole rings is 1. The SMILES string of the molecule is CC(C)C(C(=O)NCCCN1CCN(C(=O)OC(C)(C)C)CC1)n1cnc2cc(F)c(F)cc21. The largest absolute Gasteiger partial charge is 0.444 e. The summed E-state index contributed by atoms with van der Waals surface area (Å²) in [4.78, 5) is 33.3. The van der Waals surface area contributed by atoms with Crippen LogP contribution in [0.2, 0.25) is 0 Å². The molecule has 34 heavy (non-hydrogen) atoms. The molecule has 1 unspecified atom stereocenters. The molecule has 1 saturated heterocycles. The molecule has 2 heterocycles. The highest BCUT2D eigenvalue weighted by atomic mass is 19.2. The minimum atomic E-state index is -0.969. The number of carbonyl (C=O) groups excluding carboxylic acids is 2. The Bertz CT molecular complexity index is 1010. The van der Waals surface area contributed by atoms with Gasteiger partial charge in [-0.25, -0.2) is 18.6 Å². The summed E-state index contributed by atoms with van der Waals surface area (Å²) < 4.78 is 34.3. The number of benzene rings is 1. The van der Waals surface area contributed by atoms with E-state index in [0.717, 1.165) is 38.2 Å². The first-order chi connectivity index (χ1) is 16.0. The molecule has 1 aliphatic rings. The van der Waals surface area contributed by atoms with Gasteiger partial charge in [0.2, 0.25) is 5.91 Å². The van der Waals surface area contributed by atoms with E-state index in [1.165, 1.54) is 6.33 Å². The van der Waals surface area contributed by atoms with Gasteiger partial charge < -0.3 is 19.5 Å². The molecule has 0 aliphatic carbocycles. The molecule has 0 saturated carbocycles. The number of fused-ring (bicyclic) bond motifs is 1. The number of hydrogen-bond donors (Lipinski definition) is 1. The van der Waals surface area contributed by atoms with Crippen LogP contribution < -0.4 is 5.32 Å². The number of rotatable bonds is 7. The summed E-state index contributed by atoms with van der Waals surface area (Å²) in [5.74, 6) is -2.20. The highest BCUT2D eigenvalue weighted by Crippen LogP contribution is 2.25. The van der Waals surface area contributed by atoms with Crippen LogP contribution in [0.5, 0.6) is 0 Å². The summed E-state index contributed by atoms with van der Waals surface area (Å²) in [6.45, 7) is 13.4. The lowest BCUT2D eigenvalue weighted by Crippen LogP contribution is -2.50. The topological polar surface area (TPSA) is 79.7 Å². The Hall–Kier alpha value is -2.75. The summed E-state index contributed by atoms with van der Waals surface area (Å²) in [6.07, 6.45) is 1.93. The molecule has 0 radical (unpaired) electrons. The van der Waals surface area contributed by atoms with Crippen LogP contribution in [-0.4, -0.2) is 76.2 Å². The molecule has 188 valence electrons. The van der Waals surface area contributed by atoms with E-state index in [1.54, 1.807) is 9.47 Å². The normalized spacial score (nSPS) is 16.2. The molecule has 2 amide bonds. The predicted molar refractivity (Wildman–Crippen MR) is 125 cm³/mol. The van der Waals surface area contributed by atoms with Crippen LogP contribution in [-0.2, 0) is 9.53 Å². The Morgan fingerprint density at radius 3 is 2.38 bits per heavy atom. The van der Waals surface area contributed by atoms with Gasteiger partial charge in [0.15, 0.2) is 11.6 Å². The molecular weight excluding hydrogens is 444 g/mol. The lowest BCUT2D eigenvalue weighted by molar-refractivity contribution is -0.125. The van der Waals surface area contributed by atoms with Crippen molar-refractivity contribution in [2.75, 3.05) is 39.3 Å². The van der Waals surface area contributed by atoms with Gasteiger partial charge in [-0.3, -0.25) is 9.69 Å². The van der Waals surface area contributed by atoms with E-state index in [1.807, 2.05) is 34.6 Å². The first-order valence-electron chi connectivity index (χ1n) is 11.8. The van der Waals surface area contributed by atoms with Crippen LogP contribution in [0.1, 0.15) is 47.1 Å². The van der Waals surface area contributed by atoms with Gasteiger partial charge in [-0.05, 0) is 39.7 Å². The van der Waals surface area contributed by atoms with Crippen molar-refractivity contribution in [2.24, 2.45) is 5.92 Å². The van der Waals surface area contributed by atoms with Crippen LogP contribution >= 0.6 is 0 Å². The Morgan fingerprint density at radius 1 is 1.12 bits per heavy atom. The average molecular weight is 480 g/mol. The van der Waals surface area contributed by atoms with Crippen LogP contribution in [0, 0.1) is 17.6 Å². The number of amides is 2. The van der Waals surface area contributed by atoms with E-state index in [4.69, 9.17) is 4.74 Å². The molecule has 0 spiro atoms. The van der Waals surface area contributed by atoms with Crippen molar-refractivity contribution < 1.29 is 23.1 Å². The minimum absolute atomic E-state index is 0.0774. The fourth-order valence-corrected chi connectivity index (χ4v) is 4.09. The van der Waals surface area contributed by atoms with Gasteiger partial charge >= 0.3 is 6.09 Å². The van der Waals surface area contributed by atoms with Crippen LogP contribution in [0.25, 0.3) is 11.0 Å². The third-order valence-corrected chi connectivity index (χ3v) is 5.79. The van der Waals surface area contributed by atoms with E-state index < -0.39 is 23.3 Å². The number of halogens is 2. The van der Waals surface area contributed by atoms with Gasteiger partial charge in [-0.1, -0.05) is 13.8 Å². The summed E-state index contributed by atoms with van der Waals surface area (Å²) in [5.41, 5.74) is 0.187.